The molecule has 23 heavy (non-hydrogen) atoms. The average Bonchev–Trinajstić information content (AvgIpc) is 3.13. The van der Waals surface area contributed by atoms with Gasteiger partial charge in [0, 0.05) is 18.5 Å². The number of hydrogen-bond donors (Lipinski definition) is 3. The number of amides is 1. The Morgan fingerprint density at radius 3 is 2.74 bits per heavy atom. The summed E-state index contributed by atoms with van der Waals surface area (Å²) in [6.07, 6.45) is -1.00. The lowest BCUT2D eigenvalue weighted by atomic mass is 9.96. The van der Waals surface area contributed by atoms with E-state index >= 15 is 0 Å². The Kier molecular flexibility index (Phi) is 4.70. The van der Waals surface area contributed by atoms with Gasteiger partial charge >= 0.3 is 6.09 Å². The summed E-state index contributed by atoms with van der Waals surface area (Å²) in [6.45, 7) is 1.32. The summed E-state index contributed by atoms with van der Waals surface area (Å²) in [6, 6.07) is 6.97. The summed E-state index contributed by atoms with van der Waals surface area (Å²) < 4.78 is 10.6. The molecule has 0 aromatic heterocycles. The maximum Gasteiger partial charge on any atom is 0.408 e. The number of aliphatic hydroxyl groups is 1. The molecule has 4 atom stereocenters. The van der Waals surface area contributed by atoms with Crippen molar-refractivity contribution in [3.63, 3.8) is 0 Å². The van der Waals surface area contributed by atoms with Gasteiger partial charge in [-0.15, -0.1) is 0 Å². The van der Waals surface area contributed by atoms with Crippen LogP contribution in [-0.2, 0) is 11.3 Å². The molecule has 0 aliphatic carbocycles. The molecule has 3 unspecified atom stereocenters. The number of rotatable bonds is 5. The molecule has 3 rings (SSSR count). The summed E-state index contributed by atoms with van der Waals surface area (Å²) in [5.41, 5.74) is 1.08. The molecule has 1 aromatic rings. The Balaban J connectivity index is 1.71. The SMILES string of the molecule is COc1ccc(CNC2C3COCC3N(C(=O)O)[C@@H]2CO)cc1. The Hall–Kier alpha value is -1.83. The number of nitrogens with one attached hydrogen (secondary N) is 1. The van der Waals surface area contributed by atoms with Gasteiger partial charge in [-0.1, -0.05) is 12.1 Å². The minimum Gasteiger partial charge on any atom is -0.497 e. The van der Waals surface area contributed by atoms with Gasteiger partial charge in [0.25, 0.3) is 0 Å². The maximum absolute atomic E-state index is 11.5. The highest BCUT2D eigenvalue weighted by molar-refractivity contribution is 5.67. The zero-order valence-corrected chi connectivity index (χ0v) is 13.0. The summed E-state index contributed by atoms with van der Waals surface area (Å²) in [7, 11) is 1.62. The molecule has 3 N–H and O–H groups in total. The Bertz CT molecular complexity index is 550. The number of methoxy groups -OCH3 is 1. The van der Waals surface area contributed by atoms with Gasteiger partial charge in [0.1, 0.15) is 5.75 Å². The molecule has 7 nitrogen and oxygen atoms in total. The van der Waals surface area contributed by atoms with Crippen LogP contribution < -0.4 is 10.1 Å². The van der Waals surface area contributed by atoms with E-state index in [2.05, 4.69) is 5.32 Å². The van der Waals surface area contributed by atoms with Crippen molar-refractivity contribution in [1.29, 1.82) is 0 Å². The van der Waals surface area contributed by atoms with Crippen molar-refractivity contribution < 1.29 is 24.5 Å². The van der Waals surface area contributed by atoms with E-state index in [0.717, 1.165) is 11.3 Å². The largest absolute Gasteiger partial charge is 0.497 e. The van der Waals surface area contributed by atoms with Crippen molar-refractivity contribution in [1.82, 2.24) is 10.2 Å². The number of likely N-dealkylation sites (tertiary alicyclic amines) is 1. The fourth-order valence-electron chi connectivity index (χ4n) is 3.65. The number of fused-ring (bicyclic) bond motifs is 1. The Labute approximate surface area is 134 Å². The molecule has 0 spiro atoms. The van der Waals surface area contributed by atoms with Crippen LogP contribution in [0.5, 0.6) is 5.75 Å². The molecule has 2 aliphatic rings. The fraction of sp³-hybridized carbons (Fsp3) is 0.562. The van der Waals surface area contributed by atoms with E-state index in [1.165, 1.54) is 4.90 Å². The summed E-state index contributed by atoms with van der Waals surface area (Å²) >= 11 is 0. The van der Waals surface area contributed by atoms with Gasteiger partial charge in [0.15, 0.2) is 0 Å². The second kappa shape index (κ2) is 6.74. The summed E-state index contributed by atoms with van der Waals surface area (Å²) in [4.78, 5) is 12.9. The lowest BCUT2D eigenvalue weighted by Gasteiger charge is -2.28. The lowest BCUT2D eigenvalue weighted by molar-refractivity contribution is 0.0728. The minimum absolute atomic E-state index is 0.0708. The van der Waals surface area contributed by atoms with E-state index in [-0.39, 0.29) is 24.6 Å². The molecule has 0 radical (unpaired) electrons. The van der Waals surface area contributed by atoms with Crippen LogP contribution in [0, 0.1) is 5.92 Å². The first-order chi connectivity index (χ1) is 11.2. The highest BCUT2D eigenvalue weighted by atomic mass is 16.5. The van der Waals surface area contributed by atoms with Gasteiger partial charge in [0.2, 0.25) is 0 Å². The standard InChI is InChI=1S/C16H22N2O5/c1-22-11-4-2-10(3-5-11)6-17-15-12-8-23-9-14(12)18(16(20)21)13(15)7-19/h2-5,12-15,17,19H,6-9H2,1H3,(H,20,21)/t12?,13-,14?,15?/m1/s1. The summed E-state index contributed by atoms with van der Waals surface area (Å²) in [5, 5.41) is 22.5. The van der Waals surface area contributed by atoms with E-state index in [4.69, 9.17) is 9.47 Å². The Morgan fingerprint density at radius 2 is 2.13 bits per heavy atom. The number of carbonyl (C=O) groups is 1. The van der Waals surface area contributed by atoms with Crippen molar-refractivity contribution in [2.24, 2.45) is 5.92 Å². The monoisotopic (exact) mass is 322 g/mol. The van der Waals surface area contributed by atoms with Crippen LogP contribution in [0.25, 0.3) is 0 Å². The number of carboxylic acid groups (broad SMARTS) is 1. The van der Waals surface area contributed by atoms with Crippen LogP contribution in [0.1, 0.15) is 5.56 Å². The van der Waals surface area contributed by atoms with Crippen molar-refractivity contribution in [3.8, 4) is 5.75 Å². The third-order valence-corrected chi connectivity index (χ3v) is 4.79. The molecule has 0 saturated carbocycles. The molecule has 2 saturated heterocycles. The molecular weight excluding hydrogens is 300 g/mol. The van der Waals surface area contributed by atoms with Gasteiger partial charge in [-0.3, -0.25) is 4.90 Å². The van der Waals surface area contributed by atoms with Crippen LogP contribution in [-0.4, -0.2) is 66.3 Å². The summed E-state index contributed by atoms with van der Waals surface area (Å²) in [5.74, 6) is 0.866. The van der Waals surface area contributed by atoms with Crippen molar-refractivity contribution in [2.45, 2.75) is 24.7 Å². The number of nitrogens with zero attached hydrogens (tertiary/aromatic N) is 1. The molecule has 1 aromatic carbocycles. The smallest absolute Gasteiger partial charge is 0.408 e. The predicted molar refractivity (Wildman–Crippen MR) is 82.5 cm³/mol. The van der Waals surface area contributed by atoms with Crippen LogP contribution in [0.2, 0.25) is 0 Å². The number of benzene rings is 1. The predicted octanol–water partition coefficient (Wildman–Crippen LogP) is 0.523. The zero-order chi connectivity index (χ0) is 16.4. The average molecular weight is 322 g/mol. The first-order valence-corrected chi connectivity index (χ1v) is 7.72. The van der Waals surface area contributed by atoms with Gasteiger partial charge in [-0.25, -0.2) is 4.79 Å². The normalized spacial score (nSPS) is 29.6. The van der Waals surface area contributed by atoms with Crippen LogP contribution in [0.4, 0.5) is 4.79 Å². The lowest BCUT2D eigenvalue weighted by Crippen LogP contribution is -2.49. The van der Waals surface area contributed by atoms with Crippen molar-refractivity contribution in [3.05, 3.63) is 29.8 Å². The highest BCUT2D eigenvalue weighted by Gasteiger charge is 2.53. The van der Waals surface area contributed by atoms with Gasteiger partial charge in [-0.2, -0.15) is 0 Å². The van der Waals surface area contributed by atoms with Crippen molar-refractivity contribution >= 4 is 6.09 Å². The van der Waals surface area contributed by atoms with Crippen LogP contribution >= 0.6 is 0 Å². The molecule has 126 valence electrons. The second-order valence-electron chi connectivity index (χ2n) is 5.96. The molecule has 2 aliphatic heterocycles. The number of aliphatic hydroxyl groups excluding tert-OH is 1. The zero-order valence-electron chi connectivity index (χ0n) is 13.0. The van der Waals surface area contributed by atoms with Crippen molar-refractivity contribution in [2.75, 3.05) is 26.9 Å². The van der Waals surface area contributed by atoms with E-state index in [9.17, 15) is 15.0 Å². The molecule has 0 bridgehead atoms. The number of hydrogen-bond acceptors (Lipinski definition) is 5. The van der Waals surface area contributed by atoms with E-state index in [1.807, 2.05) is 24.3 Å². The van der Waals surface area contributed by atoms with Crippen LogP contribution in [0.15, 0.2) is 24.3 Å². The third kappa shape index (κ3) is 2.99. The van der Waals surface area contributed by atoms with Gasteiger partial charge < -0.3 is 25.0 Å². The van der Waals surface area contributed by atoms with Gasteiger partial charge in [-0.05, 0) is 17.7 Å². The highest BCUT2D eigenvalue weighted by Crippen LogP contribution is 2.35. The van der Waals surface area contributed by atoms with E-state index in [1.54, 1.807) is 7.11 Å². The molecule has 7 heteroatoms. The molecule has 1 amide bonds. The molecular formula is C16H22N2O5. The fourth-order valence-corrected chi connectivity index (χ4v) is 3.65. The second-order valence-corrected chi connectivity index (χ2v) is 5.96. The topological polar surface area (TPSA) is 91.3 Å². The first kappa shape index (κ1) is 16.0. The van der Waals surface area contributed by atoms with E-state index in [0.29, 0.717) is 19.8 Å². The van der Waals surface area contributed by atoms with Gasteiger partial charge in [0.05, 0.1) is 39.0 Å². The minimum atomic E-state index is -1.00. The van der Waals surface area contributed by atoms with E-state index < -0.39 is 12.1 Å². The first-order valence-electron chi connectivity index (χ1n) is 7.72. The quantitative estimate of drug-likeness (QED) is 0.732. The third-order valence-electron chi connectivity index (χ3n) is 4.79. The van der Waals surface area contributed by atoms with Crippen LogP contribution in [0.3, 0.4) is 0 Å². The Morgan fingerprint density at radius 1 is 1.39 bits per heavy atom. The molecule has 2 fully saturated rings. The number of ether oxygens (including phenoxy) is 2. The molecule has 2 heterocycles. The maximum atomic E-state index is 11.5.